The third-order valence-corrected chi connectivity index (χ3v) is 8.62. The van der Waals surface area contributed by atoms with Crippen LogP contribution in [-0.4, -0.2) is 10.7 Å². The van der Waals surface area contributed by atoms with E-state index in [9.17, 15) is 5.11 Å². The molecule has 0 heterocycles. The van der Waals surface area contributed by atoms with Gasteiger partial charge in [-0.15, -0.1) is 0 Å². The van der Waals surface area contributed by atoms with Gasteiger partial charge in [-0.3, -0.25) is 0 Å². The number of hydrogen-bond acceptors (Lipinski definition) is 1. The molecule has 0 aromatic carbocycles. The van der Waals surface area contributed by atoms with E-state index in [0.717, 1.165) is 11.8 Å². The zero-order chi connectivity index (χ0) is 21.2. The van der Waals surface area contributed by atoms with Crippen LogP contribution in [-0.2, 0) is 0 Å². The van der Waals surface area contributed by atoms with Crippen molar-refractivity contribution < 1.29 is 5.11 Å². The maximum absolute atomic E-state index is 10.3. The van der Waals surface area contributed by atoms with E-state index in [1.807, 2.05) is 13.8 Å². The van der Waals surface area contributed by atoms with Gasteiger partial charge in [-0.25, -0.2) is 0 Å². The molecule has 0 bridgehead atoms. The minimum absolute atomic E-state index is 0.187. The van der Waals surface area contributed by atoms with Crippen molar-refractivity contribution in [2.24, 2.45) is 29.1 Å². The van der Waals surface area contributed by atoms with Gasteiger partial charge >= 0.3 is 0 Å². The lowest BCUT2D eigenvalue weighted by molar-refractivity contribution is 0.0436. The molecule has 0 radical (unpaired) electrons. The van der Waals surface area contributed by atoms with Crippen molar-refractivity contribution in [2.45, 2.75) is 98.0 Å². The average Bonchev–Trinajstić information content (AvgIpc) is 3.02. The molecular weight excluding hydrogens is 352 g/mol. The quantitative estimate of drug-likeness (QED) is 0.470. The second-order valence-corrected chi connectivity index (χ2v) is 11.0. The van der Waals surface area contributed by atoms with Gasteiger partial charge in [0, 0.05) is 5.92 Å². The molecule has 0 aromatic heterocycles. The fourth-order valence-electron chi connectivity index (χ4n) is 6.25. The van der Waals surface area contributed by atoms with Crippen LogP contribution < -0.4 is 0 Å². The van der Waals surface area contributed by atoms with Gasteiger partial charge in [0.25, 0.3) is 0 Å². The number of aliphatic hydroxyl groups is 1. The van der Waals surface area contributed by atoms with Crippen molar-refractivity contribution >= 4 is 0 Å². The molecule has 2 unspecified atom stereocenters. The molecule has 5 atom stereocenters. The highest BCUT2D eigenvalue weighted by Gasteiger charge is 2.50. The van der Waals surface area contributed by atoms with Gasteiger partial charge in [-0.2, -0.15) is 0 Å². The molecule has 0 amide bonds. The molecule has 0 saturated heterocycles. The van der Waals surface area contributed by atoms with Crippen LogP contribution in [0, 0.1) is 29.1 Å². The van der Waals surface area contributed by atoms with E-state index in [1.54, 1.807) is 5.57 Å². The van der Waals surface area contributed by atoms with Gasteiger partial charge in [-0.1, -0.05) is 62.8 Å². The van der Waals surface area contributed by atoms with Crippen LogP contribution in [0.5, 0.6) is 0 Å². The highest BCUT2D eigenvalue weighted by Crippen LogP contribution is 2.59. The van der Waals surface area contributed by atoms with Gasteiger partial charge in [0.1, 0.15) is 0 Å². The minimum Gasteiger partial charge on any atom is -0.390 e. The second kappa shape index (κ2) is 8.96. The maximum atomic E-state index is 10.3. The molecule has 1 nitrogen and oxygen atoms in total. The van der Waals surface area contributed by atoms with Crippen LogP contribution in [0.15, 0.2) is 47.6 Å². The normalized spacial score (nSPS) is 36.0. The molecule has 3 aliphatic carbocycles. The lowest BCUT2D eigenvalue weighted by Gasteiger charge is -2.44. The van der Waals surface area contributed by atoms with Crippen molar-refractivity contribution in [1.82, 2.24) is 0 Å². The van der Waals surface area contributed by atoms with Crippen molar-refractivity contribution in [3.8, 4) is 0 Å². The highest BCUT2D eigenvalue weighted by molar-refractivity contribution is 5.35. The summed E-state index contributed by atoms with van der Waals surface area (Å²) in [6, 6.07) is 0. The first-order valence-corrected chi connectivity index (χ1v) is 12.1. The molecule has 0 aliphatic heterocycles. The molecule has 3 aliphatic rings. The Hall–Kier alpha value is -1.08. The Balaban J connectivity index is 1.74. The van der Waals surface area contributed by atoms with E-state index in [0.29, 0.717) is 11.3 Å². The Morgan fingerprint density at radius 2 is 1.76 bits per heavy atom. The van der Waals surface area contributed by atoms with Crippen LogP contribution in [0.3, 0.4) is 0 Å². The Kier molecular flexibility index (Phi) is 6.99. The summed E-state index contributed by atoms with van der Waals surface area (Å²) in [7, 11) is 0. The lowest BCUT2D eigenvalue weighted by atomic mass is 9.61. The van der Waals surface area contributed by atoms with E-state index in [-0.39, 0.29) is 5.92 Å². The molecule has 0 spiro atoms. The molecule has 3 rings (SSSR count). The summed E-state index contributed by atoms with van der Waals surface area (Å²) in [4.78, 5) is 0. The van der Waals surface area contributed by atoms with E-state index in [2.05, 4.69) is 51.7 Å². The maximum Gasteiger partial charge on any atom is 0.0651 e. The number of rotatable bonds is 5. The second-order valence-electron chi connectivity index (χ2n) is 11.0. The fraction of sp³-hybridized carbons (Fsp3) is 0.714. The van der Waals surface area contributed by atoms with Crippen molar-refractivity contribution in [2.75, 3.05) is 0 Å². The molecule has 1 N–H and O–H groups in total. The summed E-state index contributed by atoms with van der Waals surface area (Å²) in [5.41, 5.74) is 4.36. The summed E-state index contributed by atoms with van der Waals surface area (Å²) in [6.45, 7) is 15.2. The third kappa shape index (κ3) is 4.98. The summed E-state index contributed by atoms with van der Waals surface area (Å²) in [5, 5.41) is 10.3. The van der Waals surface area contributed by atoms with Crippen molar-refractivity contribution in [3.05, 3.63) is 47.6 Å². The molecule has 0 aromatic rings. The van der Waals surface area contributed by atoms with Gasteiger partial charge in [0.15, 0.2) is 0 Å². The first-order valence-electron chi connectivity index (χ1n) is 12.1. The van der Waals surface area contributed by atoms with Gasteiger partial charge in [0.2, 0.25) is 0 Å². The molecular formula is C28H44O. The largest absolute Gasteiger partial charge is 0.390 e. The predicted molar refractivity (Wildman–Crippen MR) is 126 cm³/mol. The Bertz CT molecular complexity index is 686. The van der Waals surface area contributed by atoms with E-state index in [4.69, 9.17) is 0 Å². The Labute approximate surface area is 180 Å². The van der Waals surface area contributed by atoms with Crippen LogP contribution in [0.2, 0.25) is 0 Å². The first kappa shape index (κ1) is 22.6. The van der Waals surface area contributed by atoms with Crippen molar-refractivity contribution in [1.29, 1.82) is 0 Å². The number of hydrogen-bond donors (Lipinski definition) is 1. The van der Waals surface area contributed by atoms with Gasteiger partial charge in [0.05, 0.1) is 5.60 Å². The first-order chi connectivity index (χ1) is 13.6. The fourth-order valence-corrected chi connectivity index (χ4v) is 6.25. The van der Waals surface area contributed by atoms with E-state index >= 15 is 0 Å². The Morgan fingerprint density at radius 3 is 2.45 bits per heavy atom. The number of fused-ring (bicyclic) bond motifs is 1. The van der Waals surface area contributed by atoms with Gasteiger partial charge in [-0.05, 0) is 100 Å². The number of allylic oxidation sites excluding steroid dienone is 6. The zero-order valence-electron chi connectivity index (χ0n) is 19.6. The predicted octanol–water partition coefficient (Wildman–Crippen LogP) is 7.79. The topological polar surface area (TPSA) is 20.2 Å². The molecule has 162 valence electrons. The van der Waals surface area contributed by atoms with Crippen LogP contribution in [0.25, 0.3) is 0 Å². The SMILES string of the molecule is C=C1CCCC/C1=C/C=C1\CCC[C@@]2(C)C1CCC2[C@H](C)/C=C/[C@H](C)C(C)(C)O. The van der Waals surface area contributed by atoms with Crippen LogP contribution in [0.4, 0.5) is 0 Å². The smallest absolute Gasteiger partial charge is 0.0651 e. The van der Waals surface area contributed by atoms with E-state index in [1.165, 1.54) is 68.9 Å². The molecule has 29 heavy (non-hydrogen) atoms. The summed E-state index contributed by atoms with van der Waals surface area (Å²) >= 11 is 0. The summed E-state index contributed by atoms with van der Waals surface area (Å²) in [5.74, 6) is 2.26. The van der Waals surface area contributed by atoms with Crippen LogP contribution >= 0.6 is 0 Å². The van der Waals surface area contributed by atoms with Crippen LogP contribution in [0.1, 0.15) is 92.4 Å². The molecule has 3 saturated carbocycles. The average molecular weight is 397 g/mol. The lowest BCUT2D eigenvalue weighted by Crippen LogP contribution is -2.35. The van der Waals surface area contributed by atoms with Crippen molar-refractivity contribution in [3.63, 3.8) is 0 Å². The Morgan fingerprint density at radius 1 is 1.03 bits per heavy atom. The van der Waals surface area contributed by atoms with Gasteiger partial charge < -0.3 is 5.11 Å². The monoisotopic (exact) mass is 396 g/mol. The molecule has 3 fully saturated rings. The summed E-state index contributed by atoms with van der Waals surface area (Å²) < 4.78 is 0. The highest BCUT2D eigenvalue weighted by atomic mass is 16.3. The molecule has 1 heteroatoms. The zero-order valence-corrected chi connectivity index (χ0v) is 19.6. The van der Waals surface area contributed by atoms with E-state index < -0.39 is 5.60 Å². The third-order valence-electron chi connectivity index (χ3n) is 8.62. The standard InChI is InChI=1S/C28H44O/c1-20-10-7-8-11-23(20)15-16-24-12-9-19-28(6)25(17-18-26(24)28)21(2)13-14-22(3)27(4,5)29/h13-16,21-22,25-26,29H,1,7-12,17-19H2,2-6H3/b14-13+,23-15-,24-16+/t21-,22+,25?,26?,28-/m1/s1. The summed E-state index contributed by atoms with van der Waals surface area (Å²) in [6.07, 6.45) is 21.3. The minimum atomic E-state index is -0.643.